The van der Waals surface area contributed by atoms with E-state index in [1.165, 1.54) is 22.0 Å². The van der Waals surface area contributed by atoms with Gasteiger partial charge < -0.3 is 20.4 Å². The van der Waals surface area contributed by atoms with Crippen LogP contribution < -0.4 is 10.6 Å². The highest BCUT2D eigenvalue weighted by atomic mass is 127. The fourth-order valence-corrected chi connectivity index (χ4v) is 4.47. The van der Waals surface area contributed by atoms with E-state index in [0.717, 1.165) is 56.5 Å². The Labute approximate surface area is 206 Å². The number of nitrogens with one attached hydrogen (secondary N) is 3. The summed E-state index contributed by atoms with van der Waals surface area (Å²) >= 11 is 6.28. The second kappa shape index (κ2) is 11.2. The molecule has 0 aliphatic carbocycles. The van der Waals surface area contributed by atoms with Gasteiger partial charge in [0, 0.05) is 60.9 Å². The van der Waals surface area contributed by atoms with Gasteiger partial charge in [-0.05, 0) is 48.6 Å². The summed E-state index contributed by atoms with van der Waals surface area (Å²) in [5, 5.41) is 9.07. The zero-order valence-electron chi connectivity index (χ0n) is 17.8. The van der Waals surface area contributed by atoms with Gasteiger partial charge in [-0.3, -0.25) is 4.99 Å². The highest BCUT2D eigenvalue weighted by Crippen LogP contribution is 2.35. The number of H-pyrrole nitrogens is 1. The molecule has 1 aliphatic heterocycles. The molecular weight excluding hydrogens is 523 g/mol. The largest absolute Gasteiger partial charge is 0.381 e. The Balaban J connectivity index is 0.00000272. The van der Waals surface area contributed by atoms with Crippen molar-refractivity contribution < 1.29 is 4.74 Å². The predicted molar refractivity (Wildman–Crippen MR) is 140 cm³/mol. The fraction of sp³-hybridized carbons (Fsp3) is 0.375. The Bertz CT molecular complexity index is 1010. The average molecular weight is 553 g/mol. The number of para-hydroxylation sites is 1. The van der Waals surface area contributed by atoms with E-state index < -0.39 is 0 Å². The molecule has 0 radical (unpaired) electrons. The maximum Gasteiger partial charge on any atom is 0.191 e. The van der Waals surface area contributed by atoms with Crippen molar-refractivity contribution in [2.75, 3.05) is 33.4 Å². The molecule has 0 atom stereocenters. The van der Waals surface area contributed by atoms with Crippen molar-refractivity contribution >= 4 is 52.4 Å². The highest BCUT2D eigenvalue weighted by molar-refractivity contribution is 14.0. The molecule has 2 aromatic carbocycles. The lowest BCUT2D eigenvalue weighted by molar-refractivity contribution is 0.0514. The van der Waals surface area contributed by atoms with Crippen molar-refractivity contribution in [3.63, 3.8) is 0 Å². The summed E-state index contributed by atoms with van der Waals surface area (Å²) in [6.07, 6.45) is 4.95. The molecule has 4 rings (SSSR count). The van der Waals surface area contributed by atoms with Gasteiger partial charge in [0.25, 0.3) is 0 Å². The number of benzene rings is 2. The minimum atomic E-state index is -0.00237. The van der Waals surface area contributed by atoms with Crippen LogP contribution >= 0.6 is 35.6 Å². The third-order valence-corrected chi connectivity index (χ3v) is 6.30. The van der Waals surface area contributed by atoms with Gasteiger partial charge in [-0.1, -0.05) is 41.9 Å². The second-order valence-electron chi connectivity index (χ2n) is 7.87. The topological polar surface area (TPSA) is 61.4 Å². The number of hydrogen-bond acceptors (Lipinski definition) is 2. The molecule has 166 valence electrons. The first-order chi connectivity index (χ1) is 14.7. The normalized spacial score (nSPS) is 16.0. The van der Waals surface area contributed by atoms with E-state index in [4.69, 9.17) is 16.3 Å². The third-order valence-electron chi connectivity index (χ3n) is 6.07. The first kappa shape index (κ1) is 23.9. The molecule has 1 saturated heterocycles. The first-order valence-electron chi connectivity index (χ1n) is 10.5. The molecule has 7 heteroatoms. The summed E-state index contributed by atoms with van der Waals surface area (Å²) in [6, 6.07) is 16.6. The molecule has 0 unspecified atom stereocenters. The molecule has 2 heterocycles. The summed E-state index contributed by atoms with van der Waals surface area (Å²) in [4.78, 5) is 7.77. The molecule has 31 heavy (non-hydrogen) atoms. The van der Waals surface area contributed by atoms with Gasteiger partial charge >= 0.3 is 0 Å². The number of aromatic nitrogens is 1. The Morgan fingerprint density at radius 1 is 1.13 bits per heavy atom. The van der Waals surface area contributed by atoms with Crippen LogP contribution in [0.1, 0.15) is 24.0 Å². The van der Waals surface area contributed by atoms with Crippen LogP contribution in [0, 0.1) is 0 Å². The van der Waals surface area contributed by atoms with Gasteiger partial charge in [-0.2, -0.15) is 0 Å². The van der Waals surface area contributed by atoms with E-state index in [0.29, 0.717) is 0 Å². The fourth-order valence-electron chi connectivity index (χ4n) is 4.28. The molecule has 5 nitrogen and oxygen atoms in total. The molecule has 1 fully saturated rings. The Hall–Kier alpha value is -1.77. The Kier molecular flexibility index (Phi) is 8.63. The molecule has 0 spiro atoms. The van der Waals surface area contributed by atoms with Gasteiger partial charge in [0.1, 0.15) is 0 Å². The summed E-state index contributed by atoms with van der Waals surface area (Å²) < 4.78 is 5.64. The molecule has 0 amide bonds. The second-order valence-corrected chi connectivity index (χ2v) is 8.30. The van der Waals surface area contributed by atoms with Crippen molar-refractivity contribution in [1.82, 2.24) is 15.6 Å². The molecule has 0 saturated carbocycles. The molecule has 0 bridgehead atoms. The SMILES string of the molecule is CN=C(NCCc1c[nH]c2ccccc12)NCC1(c2cccc(Cl)c2)CCOCC1.I. The standard InChI is InChI=1S/C24H29ClN4O.HI/c1-26-23(27-12-9-18-16-28-22-8-3-2-7-21(18)22)29-17-24(10-13-30-14-11-24)19-5-4-6-20(25)15-19;/h2-8,15-16,28H,9-14,17H2,1H3,(H2,26,27,29);1H. The number of hydrogen-bond donors (Lipinski definition) is 3. The van der Waals surface area contributed by atoms with Crippen molar-refractivity contribution in [1.29, 1.82) is 0 Å². The number of guanidine groups is 1. The van der Waals surface area contributed by atoms with Crippen LogP contribution in [0.2, 0.25) is 5.02 Å². The van der Waals surface area contributed by atoms with Gasteiger partial charge in [0.2, 0.25) is 0 Å². The quantitative estimate of drug-likeness (QED) is 0.232. The van der Waals surface area contributed by atoms with E-state index in [1.54, 1.807) is 0 Å². The van der Waals surface area contributed by atoms with Crippen LogP contribution in [0.3, 0.4) is 0 Å². The number of aromatic amines is 1. The highest BCUT2D eigenvalue weighted by Gasteiger charge is 2.34. The van der Waals surface area contributed by atoms with Gasteiger partial charge in [-0.25, -0.2) is 0 Å². The van der Waals surface area contributed by atoms with Crippen molar-refractivity contribution in [2.45, 2.75) is 24.7 Å². The predicted octanol–water partition coefficient (Wildman–Crippen LogP) is 4.90. The van der Waals surface area contributed by atoms with Gasteiger partial charge in [0.05, 0.1) is 0 Å². The van der Waals surface area contributed by atoms with E-state index in [2.05, 4.69) is 63.2 Å². The number of rotatable bonds is 6. The molecule has 1 aliphatic rings. The van der Waals surface area contributed by atoms with E-state index in [1.807, 2.05) is 19.2 Å². The zero-order valence-corrected chi connectivity index (χ0v) is 20.9. The summed E-state index contributed by atoms with van der Waals surface area (Å²) in [5.74, 6) is 0.822. The molecule has 3 N–H and O–H groups in total. The lowest BCUT2D eigenvalue weighted by Crippen LogP contribution is -2.48. The van der Waals surface area contributed by atoms with Gasteiger partial charge in [-0.15, -0.1) is 24.0 Å². The van der Waals surface area contributed by atoms with Gasteiger partial charge in [0.15, 0.2) is 5.96 Å². The maximum atomic E-state index is 6.28. The smallest absolute Gasteiger partial charge is 0.191 e. The van der Waals surface area contributed by atoms with Crippen LogP contribution in [-0.4, -0.2) is 44.3 Å². The number of ether oxygens (including phenoxy) is 1. The average Bonchev–Trinajstić information content (AvgIpc) is 3.20. The lowest BCUT2D eigenvalue weighted by atomic mass is 9.74. The Morgan fingerprint density at radius 3 is 2.71 bits per heavy atom. The van der Waals surface area contributed by atoms with E-state index in [9.17, 15) is 0 Å². The van der Waals surface area contributed by atoms with Crippen LogP contribution in [0.25, 0.3) is 10.9 Å². The Morgan fingerprint density at radius 2 is 1.94 bits per heavy atom. The monoisotopic (exact) mass is 552 g/mol. The van der Waals surface area contributed by atoms with Crippen LogP contribution in [0.5, 0.6) is 0 Å². The van der Waals surface area contributed by atoms with E-state index >= 15 is 0 Å². The van der Waals surface area contributed by atoms with Crippen LogP contribution in [-0.2, 0) is 16.6 Å². The van der Waals surface area contributed by atoms with Crippen molar-refractivity contribution in [3.8, 4) is 0 Å². The third kappa shape index (κ3) is 5.73. The van der Waals surface area contributed by atoms with Crippen molar-refractivity contribution in [3.05, 3.63) is 70.9 Å². The maximum absolute atomic E-state index is 6.28. The minimum Gasteiger partial charge on any atom is -0.381 e. The molecular formula is C24H30ClIN4O. The molecule has 1 aromatic heterocycles. The number of halogens is 2. The minimum absolute atomic E-state index is 0. The van der Waals surface area contributed by atoms with Crippen molar-refractivity contribution in [2.24, 2.45) is 4.99 Å². The zero-order chi connectivity index (χ0) is 20.8. The summed E-state index contributed by atoms with van der Waals surface area (Å²) in [6.45, 7) is 3.14. The van der Waals surface area contributed by atoms with Crippen LogP contribution in [0.4, 0.5) is 0 Å². The lowest BCUT2D eigenvalue weighted by Gasteiger charge is -2.38. The first-order valence-corrected chi connectivity index (χ1v) is 10.9. The number of nitrogens with zero attached hydrogens (tertiary/aromatic N) is 1. The summed E-state index contributed by atoms with van der Waals surface area (Å²) in [5.41, 5.74) is 3.75. The number of fused-ring (bicyclic) bond motifs is 1. The molecule has 3 aromatic rings. The summed E-state index contributed by atoms with van der Waals surface area (Å²) in [7, 11) is 1.82. The van der Waals surface area contributed by atoms with Crippen LogP contribution in [0.15, 0.2) is 59.7 Å². The number of aliphatic imine (C=N–C) groups is 1. The van der Waals surface area contributed by atoms with E-state index in [-0.39, 0.29) is 29.4 Å².